The molecule has 0 radical (unpaired) electrons. The van der Waals surface area contributed by atoms with Crippen LogP contribution in [0.25, 0.3) is 0 Å². The van der Waals surface area contributed by atoms with Gasteiger partial charge >= 0.3 is 0 Å². The average molecular weight is 235 g/mol. The Hall–Kier alpha value is -0.510. The largest absolute Gasteiger partial charge is 0.379 e. The summed E-state index contributed by atoms with van der Waals surface area (Å²) >= 11 is 2.05. The summed E-state index contributed by atoms with van der Waals surface area (Å²) in [5, 5.41) is 0. The molecule has 0 N–H and O–H groups in total. The van der Waals surface area contributed by atoms with Crippen LogP contribution in [0.1, 0.15) is 5.56 Å². The van der Waals surface area contributed by atoms with Gasteiger partial charge in [0, 0.05) is 24.6 Å². The van der Waals surface area contributed by atoms with E-state index < -0.39 is 0 Å². The van der Waals surface area contributed by atoms with Gasteiger partial charge in [-0.25, -0.2) is 0 Å². The number of rotatable bonds is 2. The molecule has 1 aromatic rings. The molecule has 3 heteroatoms. The van der Waals surface area contributed by atoms with Gasteiger partial charge in [-0.15, -0.1) is 0 Å². The van der Waals surface area contributed by atoms with E-state index in [1.54, 1.807) is 0 Å². The van der Waals surface area contributed by atoms with Crippen molar-refractivity contribution in [2.45, 2.75) is 5.54 Å². The molecule has 2 saturated heterocycles. The number of benzene rings is 1. The van der Waals surface area contributed by atoms with E-state index >= 15 is 0 Å². The summed E-state index contributed by atoms with van der Waals surface area (Å²) in [6, 6.07) is 11.0. The van der Waals surface area contributed by atoms with Crippen molar-refractivity contribution in [1.29, 1.82) is 0 Å². The van der Waals surface area contributed by atoms with Crippen LogP contribution in [0.2, 0.25) is 0 Å². The van der Waals surface area contributed by atoms with Crippen molar-refractivity contribution in [3.8, 4) is 0 Å². The number of hydrogen-bond acceptors (Lipinski definition) is 3. The minimum absolute atomic E-state index is 0.301. The van der Waals surface area contributed by atoms with E-state index in [0.29, 0.717) is 5.54 Å². The highest BCUT2D eigenvalue weighted by atomic mass is 32.2. The molecule has 0 saturated carbocycles. The fraction of sp³-hybridized carbons (Fsp3) is 0.538. The van der Waals surface area contributed by atoms with Crippen molar-refractivity contribution in [3.05, 3.63) is 35.9 Å². The molecule has 0 aliphatic carbocycles. The first kappa shape index (κ1) is 10.6. The highest BCUT2D eigenvalue weighted by Gasteiger charge is 2.44. The van der Waals surface area contributed by atoms with Gasteiger partial charge in [0.05, 0.1) is 18.8 Å². The Labute approximate surface area is 101 Å². The van der Waals surface area contributed by atoms with Gasteiger partial charge in [0.25, 0.3) is 0 Å². The summed E-state index contributed by atoms with van der Waals surface area (Å²) in [4.78, 5) is 2.61. The molecule has 1 aromatic carbocycles. The normalized spacial score (nSPS) is 25.0. The summed E-state index contributed by atoms with van der Waals surface area (Å²) in [5.41, 5.74) is 1.78. The lowest BCUT2D eigenvalue weighted by Gasteiger charge is -2.51. The SMILES string of the molecule is c1ccc(C2(N3CCOCC3)CSC2)cc1. The van der Waals surface area contributed by atoms with E-state index in [4.69, 9.17) is 4.74 Å². The Morgan fingerprint density at radius 1 is 1.06 bits per heavy atom. The van der Waals surface area contributed by atoms with Crippen molar-refractivity contribution >= 4 is 11.8 Å². The summed E-state index contributed by atoms with van der Waals surface area (Å²) in [6.07, 6.45) is 0. The van der Waals surface area contributed by atoms with Crippen LogP contribution in [-0.4, -0.2) is 42.7 Å². The third-order valence-corrected chi connectivity index (χ3v) is 4.97. The molecule has 2 heterocycles. The number of hydrogen-bond donors (Lipinski definition) is 0. The van der Waals surface area contributed by atoms with Gasteiger partial charge in [-0.1, -0.05) is 30.3 Å². The molecule has 0 aromatic heterocycles. The van der Waals surface area contributed by atoms with Crippen LogP contribution in [0, 0.1) is 0 Å². The lowest BCUT2D eigenvalue weighted by atomic mass is 9.90. The maximum atomic E-state index is 5.45. The van der Waals surface area contributed by atoms with Crippen LogP contribution in [0.4, 0.5) is 0 Å². The summed E-state index contributed by atoms with van der Waals surface area (Å²) < 4.78 is 5.45. The quantitative estimate of drug-likeness (QED) is 0.777. The third kappa shape index (κ3) is 1.67. The second-order valence-electron chi connectivity index (χ2n) is 4.49. The second kappa shape index (κ2) is 4.40. The van der Waals surface area contributed by atoms with Crippen LogP contribution in [0.3, 0.4) is 0 Å². The van der Waals surface area contributed by atoms with E-state index in [1.165, 1.54) is 17.1 Å². The topological polar surface area (TPSA) is 12.5 Å². The number of nitrogens with zero attached hydrogens (tertiary/aromatic N) is 1. The van der Waals surface area contributed by atoms with Crippen LogP contribution in [0.5, 0.6) is 0 Å². The van der Waals surface area contributed by atoms with Gasteiger partial charge in [-0.05, 0) is 5.56 Å². The Kier molecular flexibility index (Phi) is 2.92. The molecule has 3 rings (SSSR count). The van der Waals surface area contributed by atoms with Crippen molar-refractivity contribution in [2.24, 2.45) is 0 Å². The molecule has 0 bridgehead atoms. The maximum Gasteiger partial charge on any atom is 0.0644 e. The van der Waals surface area contributed by atoms with Crippen molar-refractivity contribution < 1.29 is 4.74 Å². The molecule has 2 aliphatic rings. The van der Waals surface area contributed by atoms with E-state index in [2.05, 4.69) is 35.2 Å². The average Bonchev–Trinajstić information content (AvgIpc) is 2.31. The third-order valence-electron chi connectivity index (χ3n) is 3.61. The molecule has 2 aliphatic heterocycles. The monoisotopic (exact) mass is 235 g/mol. The lowest BCUT2D eigenvalue weighted by molar-refractivity contribution is -0.0122. The second-order valence-corrected chi connectivity index (χ2v) is 5.48. The first-order valence-corrected chi connectivity index (χ1v) is 7.03. The van der Waals surface area contributed by atoms with Crippen LogP contribution < -0.4 is 0 Å². The van der Waals surface area contributed by atoms with Crippen molar-refractivity contribution in [1.82, 2.24) is 4.90 Å². The zero-order valence-electron chi connectivity index (χ0n) is 9.39. The molecular weight excluding hydrogens is 218 g/mol. The lowest BCUT2D eigenvalue weighted by Crippen LogP contribution is -2.58. The zero-order chi connectivity index (χ0) is 10.8. The summed E-state index contributed by atoms with van der Waals surface area (Å²) in [6.45, 7) is 3.93. The predicted octanol–water partition coefficient (Wildman–Crippen LogP) is 1.96. The number of morpholine rings is 1. The molecule has 0 spiro atoms. The molecule has 0 amide bonds. The summed E-state index contributed by atoms with van der Waals surface area (Å²) in [5.74, 6) is 2.47. The highest BCUT2D eigenvalue weighted by Crippen LogP contribution is 2.43. The fourth-order valence-corrected chi connectivity index (χ4v) is 3.86. The fourth-order valence-electron chi connectivity index (χ4n) is 2.57. The van der Waals surface area contributed by atoms with Crippen molar-refractivity contribution in [2.75, 3.05) is 37.8 Å². The molecular formula is C13H17NOS. The van der Waals surface area contributed by atoms with Gasteiger partial charge in [-0.2, -0.15) is 11.8 Å². The molecule has 0 atom stereocenters. The Balaban J connectivity index is 1.87. The maximum absolute atomic E-state index is 5.45. The van der Waals surface area contributed by atoms with Gasteiger partial charge < -0.3 is 4.74 Å². The van der Waals surface area contributed by atoms with Gasteiger partial charge in [0.2, 0.25) is 0 Å². The van der Waals surface area contributed by atoms with E-state index in [9.17, 15) is 0 Å². The number of thioether (sulfide) groups is 1. The summed E-state index contributed by atoms with van der Waals surface area (Å²) in [7, 11) is 0. The molecule has 86 valence electrons. The highest BCUT2D eigenvalue weighted by molar-refractivity contribution is 8.00. The van der Waals surface area contributed by atoms with E-state index in [0.717, 1.165) is 26.3 Å². The Morgan fingerprint density at radius 3 is 2.31 bits per heavy atom. The minimum Gasteiger partial charge on any atom is -0.379 e. The van der Waals surface area contributed by atoms with Crippen LogP contribution >= 0.6 is 11.8 Å². The van der Waals surface area contributed by atoms with E-state index in [1.807, 2.05) is 11.8 Å². The van der Waals surface area contributed by atoms with Gasteiger partial charge in [0.15, 0.2) is 0 Å². The predicted molar refractivity (Wildman–Crippen MR) is 67.8 cm³/mol. The Bertz CT molecular complexity index is 344. The molecule has 2 fully saturated rings. The first-order chi connectivity index (χ1) is 7.92. The first-order valence-electron chi connectivity index (χ1n) is 5.88. The Morgan fingerprint density at radius 2 is 1.75 bits per heavy atom. The smallest absolute Gasteiger partial charge is 0.0644 e. The standard InChI is InChI=1S/C13H17NOS/c1-2-4-12(5-3-1)13(10-16-11-13)14-6-8-15-9-7-14/h1-5H,6-11H2. The van der Waals surface area contributed by atoms with Crippen molar-refractivity contribution in [3.63, 3.8) is 0 Å². The number of ether oxygens (including phenoxy) is 1. The van der Waals surface area contributed by atoms with Gasteiger partial charge in [-0.3, -0.25) is 4.90 Å². The zero-order valence-corrected chi connectivity index (χ0v) is 10.2. The van der Waals surface area contributed by atoms with Crippen LogP contribution in [-0.2, 0) is 10.3 Å². The van der Waals surface area contributed by atoms with E-state index in [-0.39, 0.29) is 0 Å². The van der Waals surface area contributed by atoms with Gasteiger partial charge in [0.1, 0.15) is 0 Å². The molecule has 0 unspecified atom stereocenters. The minimum atomic E-state index is 0.301. The molecule has 2 nitrogen and oxygen atoms in total. The van der Waals surface area contributed by atoms with Crippen LogP contribution in [0.15, 0.2) is 30.3 Å². The molecule has 16 heavy (non-hydrogen) atoms.